The van der Waals surface area contributed by atoms with Crippen LogP contribution in [0.1, 0.15) is 0 Å². The molecule has 1 aliphatic heterocycles. The summed E-state index contributed by atoms with van der Waals surface area (Å²) in [5, 5.41) is 3.10. The van der Waals surface area contributed by atoms with Crippen LogP contribution in [0.25, 0.3) is 0 Å². The van der Waals surface area contributed by atoms with Gasteiger partial charge in [0.15, 0.2) is 6.17 Å². The van der Waals surface area contributed by atoms with Crippen molar-refractivity contribution < 1.29 is 22.0 Å². The minimum Gasteiger partial charge on any atom is -0.337 e. The Kier molecular flexibility index (Phi) is 2.08. The van der Waals surface area contributed by atoms with Gasteiger partial charge in [0.2, 0.25) is 0 Å². The normalized spacial score (nSPS) is 23.5. The van der Waals surface area contributed by atoms with Gasteiger partial charge >= 0.3 is 12.1 Å². The number of rotatable bonds is 1. The van der Waals surface area contributed by atoms with Crippen LogP contribution < -0.4 is 5.43 Å². The Morgan fingerprint density at radius 3 is 2.15 bits per heavy atom. The minimum absolute atomic E-state index is 0.660. The first-order valence-electron chi connectivity index (χ1n) is 3.22. The van der Waals surface area contributed by atoms with Gasteiger partial charge in [-0.15, -0.1) is 0 Å². The highest BCUT2D eigenvalue weighted by atomic mass is 19.4. The van der Waals surface area contributed by atoms with Crippen molar-refractivity contribution in [1.29, 1.82) is 0 Å². The third kappa shape index (κ3) is 1.52. The van der Waals surface area contributed by atoms with Gasteiger partial charge < -0.3 is 4.90 Å². The first-order valence-corrected chi connectivity index (χ1v) is 3.22. The summed E-state index contributed by atoms with van der Waals surface area (Å²) in [7, 11) is 1.08. The van der Waals surface area contributed by atoms with Gasteiger partial charge in [0.25, 0.3) is 0 Å². The minimum atomic E-state index is -5.58. The Bertz CT molecular complexity index is 223. The lowest BCUT2D eigenvalue weighted by molar-refractivity contribution is -0.300. The second-order valence-electron chi connectivity index (χ2n) is 2.56. The van der Waals surface area contributed by atoms with Crippen molar-refractivity contribution in [2.75, 3.05) is 7.05 Å². The molecule has 1 heterocycles. The highest BCUT2D eigenvalue weighted by Crippen LogP contribution is 2.39. The van der Waals surface area contributed by atoms with Crippen LogP contribution in [0.2, 0.25) is 0 Å². The molecule has 1 rings (SSSR count). The number of hydrogen-bond donors (Lipinski definition) is 1. The van der Waals surface area contributed by atoms with E-state index in [0.29, 0.717) is 4.90 Å². The van der Waals surface area contributed by atoms with E-state index < -0.39 is 18.3 Å². The van der Waals surface area contributed by atoms with Crippen molar-refractivity contribution in [3.8, 4) is 0 Å². The Morgan fingerprint density at radius 2 is 1.85 bits per heavy atom. The van der Waals surface area contributed by atoms with Crippen molar-refractivity contribution in [3.05, 3.63) is 0 Å². The molecule has 0 bridgehead atoms. The maximum absolute atomic E-state index is 12.6. The number of alkyl halides is 5. The molecule has 0 fully saturated rings. The van der Waals surface area contributed by atoms with Crippen LogP contribution in [0.15, 0.2) is 5.10 Å². The third-order valence-electron chi connectivity index (χ3n) is 1.57. The molecular formula is C5H6F5N3. The van der Waals surface area contributed by atoms with Crippen LogP contribution >= 0.6 is 0 Å². The molecular weight excluding hydrogens is 197 g/mol. The van der Waals surface area contributed by atoms with Crippen LogP contribution in [-0.4, -0.2) is 36.6 Å². The zero-order chi connectivity index (χ0) is 10.3. The zero-order valence-corrected chi connectivity index (χ0v) is 6.44. The SMILES string of the molecule is CN1C=NNC1C(F)(F)C(F)(F)F. The van der Waals surface area contributed by atoms with Crippen LogP contribution in [-0.2, 0) is 0 Å². The molecule has 13 heavy (non-hydrogen) atoms. The van der Waals surface area contributed by atoms with Crippen molar-refractivity contribution in [1.82, 2.24) is 10.3 Å². The average molecular weight is 203 g/mol. The zero-order valence-electron chi connectivity index (χ0n) is 6.44. The quantitative estimate of drug-likeness (QED) is 0.643. The molecule has 0 amide bonds. The van der Waals surface area contributed by atoms with E-state index in [1.54, 1.807) is 5.43 Å². The van der Waals surface area contributed by atoms with E-state index in [4.69, 9.17) is 0 Å². The van der Waals surface area contributed by atoms with E-state index in [1.165, 1.54) is 0 Å². The summed E-state index contributed by atoms with van der Waals surface area (Å²) in [5.74, 6) is -4.82. The molecule has 0 spiro atoms. The first-order chi connectivity index (χ1) is 5.77. The van der Waals surface area contributed by atoms with Gasteiger partial charge in [-0.25, -0.2) is 0 Å². The molecule has 1 aliphatic rings. The second kappa shape index (κ2) is 2.71. The van der Waals surface area contributed by atoms with Gasteiger partial charge in [0, 0.05) is 7.05 Å². The molecule has 0 aromatic rings. The summed E-state index contributed by atoms with van der Waals surface area (Å²) >= 11 is 0. The van der Waals surface area contributed by atoms with Crippen LogP contribution in [0.4, 0.5) is 22.0 Å². The largest absolute Gasteiger partial charge is 0.457 e. The highest BCUT2D eigenvalue weighted by Gasteiger charge is 2.64. The van der Waals surface area contributed by atoms with Crippen LogP contribution in [0.3, 0.4) is 0 Å². The average Bonchev–Trinajstić information content (AvgIpc) is 2.32. The Balaban J connectivity index is 2.82. The standard InChI is InChI=1S/C5H6F5N3/c1-13-2-11-12-3(13)4(6,7)5(8,9)10/h2-3,12H,1H3. The fourth-order valence-corrected chi connectivity index (χ4v) is 0.845. The number of halogens is 5. The molecule has 76 valence electrons. The molecule has 8 heteroatoms. The molecule has 3 nitrogen and oxygen atoms in total. The van der Waals surface area contributed by atoms with Crippen molar-refractivity contribution in [3.63, 3.8) is 0 Å². The fraction of sp³-hybridized carbons (Fsp3) is 0.800. The number of hydrazone groups is 1. The molecule has 1 unspecified atom stereocenters. The third-order valence-corrected chi connectivity index (χ3v) is 1.57. The summed E-state index contributed by atoms with van der Waals surface area (Å²) in [5.41, 5.74) is 1.68. The second-order valence-corrected chi connectivity index (χ2v) is 2.56. The van der Waals surface area contributed by atoms with Crippen LogP contribution in [0, 0.1) is 0 Å². The first kappa shape index (κ1) is 10.0. The van der Waals surface area contributed by atoms with Crippen molar-refractivity contribution in [2.24, 2.45) is 5.10 Å². The Morgan fingerprint density at radius 1 is 1.31 bits per heavy atom. The van der Waals surface area contributed by atoms with E-state index in [1.807, 2.05) is 0 Å². The van der Waals surface area contributed by atoms with Gasteiger partial charge in [0.1, 0.15) is 6.34 Å². The maximum Gasteiger partial charge on any atom is 0.457 e. The summed E-state index contributed by atoms with van der Waals surface area (Å²) in [6.07, 6.45) is -6.87. The predicted octanol–water partition coefficient (Wildman–Crippen LogP) is 0.988. The molecule has 0 aromatic carbocycles. The van der Waals surface area contributed by atoms with E-state index in [0.717, 1.165) is 13.4 Å². The van der Waals surface area contributed by atoms with E-state index in [2.05, 4.69) is 5.10 Å². The summed E-state index contributed by atoms with van der Waals surface area (Å²) in [6.45, 7) is 0. The lowest BCUT2D eigenvalue weighted by Gasteiger charge is -2.29. The molecule has 0 aliphatic carbocycles. The molecule has 1 N–H and O–H groups in total. The molecule has 0 saturated carbocycles. The fourth-order valence-electron chi connectivity index (χ4n) is 0.845. The lowest BCUT2D eigenvalue weighted by atomic mass is 10.2. The van der Waals surface area contributed by atoms with Crippen LogP contribution in [0.5, 0.6) is 0 Å². The van der Waals surface area contributed by atoms with Crippen molar-refractivity contribution in [2.45, 2.75) is 18.3 Å². The lowest BCUT2D eigenvalue weighted by Crippen LogP contribution is -2.56. The van der Waals surface area contributed by atoms with Crippen molar-refractivity contribution >= 4 is 6.34 Å². The number of nitrogens with one attached hydrogen (secondary N) is 1. The summed E-state index contributed by atoms with van der Waals surface area (Å²) in [4.78, 5) is 0.660. The van der Waals surface area contributed by atoms with E-state index >= 15 is 0 Å². The topological polar surface area (TPSA) is 27.6 Å². The Hall–Kier alpha value is -1.08. The molecule has 0 radical (unpaired) electrons. The molecule has 0 saturated heterocycles. The maximum atomic E-state index is 12.6. The molecule has 0 aromatic heterocycles. The van der Waals surface area contributed by atoms with Gasteiger partial charge in [0.05, 0.1) is 0 Å². The summed E-state index contributed by atoms with van der Waals surface area (Å²) < 4.78 is 60.5. The molecule has 1 atom stereocenters. The van der Waals surface area contributed by atoms with Gasteiger partial charge in [-0.1, -0.05) is 0 Å². The number of nitrogens with zero attached hydrogens (tertiary/aromatic N) is 2. The monoisotopic (exact) mass is 203 g/mol. The summed E-state index contributed by atoms with van der Waals surface area (Å²) in [6, 6.07) is 0. The Labute approximate surface area is 70.2 Å². The highest BCUT2D eigenvalue weighted by molar-refractivity contribution is 5.56. The van der Waals surface area contributed by atoms with E-state index in [9.17, 15) is 22.0 Å². The van der Waals surface area contributed by atoms with Gasteiger partial charge in [-0.05, 0) is 0 Å². The van der Waals surface area contributed by atoms with E-state index in [-0.39, 0.29) is 0 Å². The van der Waals surface area contributed by atoms with Gasteiger partial charge in [-0.2, -0.15) is 27.1 Å². The predicted molar refractivity (Wildman–Crippen MR) is 34.2 cm³/mol. The smallest absolute Gasteiger partial charge is 0.337 e. The number of hydrogen-bond acceptors (Lipinski definition) is 3. The van der Waals surface area contributed by atoms with Gasteiger partial charge in [-0.3, -0.25) is 5.43 Å².